The molecule has 1 aromatic heterocycles. The van der Waals surface area contributed by atoms with Crippen LogP contribution >= 0.6 is 23.4 Å². The van der Waals surface area contributed by atoms with Crippen LogP contribution in [-0.4, -0.2) is 14.9 Å². The zero-order valence-corrected chi connectivity index (χ0v) is 12.1. The molecule has 3 rings (SSSR count). The molecule has 0 amide bonds. The number of nitro groups is 1. The van der Waals surface area contributed by atoms with Gasteiger partial charge in [-0.3, -0.25) is 10.1 Å². The maximum atomic E-state index is 11.0. The van der Waals surface area contributed by atoms with Gasteiger partial charge in [0.1, 0.15) is 6.20 Å². The molecule has 0 spiro atoms. The number of benzene rings is 2. The second-order valence-corrected chi connectivity index (χ2v) is 5.60. The summed E-state index contributed by atoms with van der Waals surface area (Å²) >= 11 is 6.92. The molecular formula is C14H8ClN3O2S. The SMILES string of the molecule is O=[N+]([O-])c1cnc(Cl)nc1Sc1ccc2ccccc2c1. The van der Waals surface area contributed by atoms with E-state index in [1.807, 2.05) is 42.5 Å². The van der Waals surface area contributed by atoms with Gasteiger partial charge in [0.2, 0.25) is 5.28 Å². The average molecular weight is 318 g/mol. The number of halogens is 1. The number of nitrogens with zero attached hydrogens (tertiary/aromatic N) is 3. The molecule has 0 radical (unpaired) electrons. The van der Waals surface area contributed by atoms with Crippen LogP contribution in [0.1, 0.15) is 0 Å². The zero-order chi connectivity index (χ0) is 14.8. The Hall–Kier alpha value is -2.18. The van der Waals surface area contributed by atoms with Crippen LogP contribution in [0.2, 0.25) is 5.28 Å². The molecule has 0 aliphatic rings. The molecule has 0 atom stereocenters. The first-order chi connectivity index (χ1) is 10.1. The van der Waals surface area contributed by atoms with Crippen molar-refractivity contribution in [3.63, 3.8) is 0 Å². The van der Waals surface area contributed by atoms with Gasteiger partial charge in [-0.25, -0.2) is 9.97 Å². The Morgan fingerprint density at radius 2 is 1.90 bits per heavy atom. The Kier molecular flexibility index (Phi) is 3.72. The summed E-state index contributed by atoms with van der Waals surface area (Å²) < 4.78 is 0. The lowest BCUT2D eigenvalue weighted by molar-refractivity contribution is -0.388. The Morgan fingerprint density at radius 3 is 2.67 bits per heavy atom. The van der Waals surface area contributed by atoms with Crippen LogP contribution in [0.15, 0.2) is 58.6 Å². The van der Waals surface area contributed by atoms with E-state index in [9.17, 15) is 10.1 Å². The van der Waals surface area contributed by atoms with E-state index in [0.717, 1.165) is 21.9 Å². The van der Waals surface area contributed by atoms with E-state index >= 15 is 0 Å². The lowest BCUT2D eigenvalue weighted by atomic mass is 10.1. The molecule has 0 bridgehead atoms. The smallest absolute Gasteiger partial charge is 0.258 e. The number of hydrogen-bond donors (Lipinski definition) is 0. The van der Waals surface area contributed by atoms with Gasteiger partial charge in [-0.15, -0.1) is 0 Å². The third-order valence-corrected chi connectivity index (χ3v) is 4.00. The summed E-state index contributed by atoms with van der Waals surface area (Å²) in [7, 11) is 0. The van der Waals surface area contributed by atoms with Crippen molar-refractivity contribution in [1.29, 1.82) is 0 Å². The van der Waals surface area contributed by atoms with Gasteiger partial charge in [-0.1, -0.05) is 42.1 Å². The Labute approximate surface area is 129 Å². The first-order valence-corrected chi connectivity index (χ1v) is 7.16. The first-order valence-electron chi connectivity index (χ1n) is 5.97. The second-order valence-electron chi connectivity index (χ2n) is 4.20. The Balaban J connectivity index is 2.02. The molecule has 0 aliphatic heterocycles. The third kappa shape index (κ3) is 2.96. The monoisotopic (exact) mass is 317 g/mol. The van der Waals surface area contributed by atoms with E-state index in [4.69, 9.17) is 11.6 Å². The molecule has 3 aromatic rings. The largest absolute Gasteiger partial charge is 0.319 e. The van der Waals surface area contributed by atoms with Crippen LogP contribution in [0.3, 0.4) is 0 Å². The molecule has 0 N–H and O–H groups in total. The highest BCUT2D eigenvalue weighted by Gasteiger charge is 2.18. The van der Waals surface area contributed by atoms with Gasteiger partial charge in [0, 0.05) is 4.90 Å². The molecule has 0 aliphatic carbocycles. The standard InChI is InChI=1S/C14H8ClN3O2S/c15-14-16-8-12(18(19)20)13(17-14)21-11-6-5-9-3-1-2-4-10(9)7-11/h1-8H. The molecule has 0 saturated heterocycles. The molecule has 104 valence electrons. The fourth-order valence-electron chi connectivity index (χ4n) is 1.88. The minimum absolute atomic E-state index is 0.0103. The first kappa shape index (κ1) is 13.8. The summed E-state index contributed by atoms with van der Waals surface area (Å²) in [6.07, 6.45) is 1.12. The summed E-state index contributed by atoms with van der Waals surface area (Å²) in [6.45, 7) is 0. The normalized spacial score (nSPS) is 10.7. The summed E-state index contributed by atoms with van der Waals surface area (Å²) in [6, 6.07) is 13.7. The van der Waals surface area contributed by atoms with Gasteiger partial charge in [0.25, 0.3) is 0 Å². The summed E-state index contributed by atoms with van der Waals surface area (Å²) in [5.41, 5.74) is -0.155. The van der Waals surface area contributed by atoms with Crippen LogP contribution < -0.4 is 0 Å². The lowest BCUT2D eigenvalue weighted by Gasteiger charge is -2.04. The fourth-order valence-corrected chi connectivity index (χ4v) is 2.98. The fraction of sp³-hybridized carbons (Fsp3) is 0. The third-order valence-electron chi connectivity index (χ3n) is 2.84. The van der Waals surface area contributed by atoms with Crippen LogP contribution in [-0.2, 0) is 0 Å². The van der Waals surface area contributed by atoms with Gasteiger partial charge in [-0.05, 0) is 34.5 Å². The molecule has 1 heterocycles. The van der Waals surface area contributed by atoms with E-state index in [1.54, 1.807) is 0 Å². The van der Waals surface area contributed by atoms with Gasteiger partial charge in [0.05, 0.1) is 4.92 Å². The predicted molar refractivity (Wildman–Crippen MR) is 81.8 cm³/mol. The van der Waals surface area contributed by atoms with Crippen molar-refractivity contribution in [2.75, 3.05) is 0 Å². The van der Waals surface area contributed by atoms with E-state index in [0.29, 0.717) is 0 Å². The number of hydrogen-bond acceptors (Lipinski definition) is 5. The zero-order valence-electron chi connectivity index (χ0n) is 10.6. The minimum Gasteiger partial charge on any atom is -0.258 e. The predicted octanol–water partition coefficient (Wildman–Crippen LogP) is 4.34. The van der Waals surface area contributed by atoms with Crippen molar-refractivity contribution in [3.05, 3.63) is 64.1 Å². The molecule has 0 unspecified atom stereocenters. The average Bonchev–Trinajstić information content (AvgIpc) is 2.47. The van der Waals surface area contributed by atoms with Gasteiger partial charge in [0.15, 0.2) is 5.03 Å². The molecule has 2 aromatic carbocycles. The summed E-state index contributed by atoms with van der Waals surface area (Å²) in [5, 5.41) is 13.4. The van der Waals surface area contributed by atoms with Crippen molar-refractivity contribution in [3.8, 4) is 0 Å². The maximum Gasteiger partial charge on any atom is 0.319 e. The van der Waals surface area contributed by atoms with E-state index in [-0.39, 0.29) is 16.0 Å². The van der Waals surface area contributed by atoms with Crippen molar-refractivity contribution >= 4 is 39.8 Å². The summed E-state index contributed by atoms with van der Waals surface area (Å²) in [5.74, 6) is 0. The molecule has 7 heteroatoms. The molecule has 0 fully saturated rings. The van der Waals surface area contributed by atoms with Gasteiger partial charge >= 0.3 is 5.69 Å². The Bertz CT molecular complexity index is 841. The molecule has 5 nitrogen and oxygen atoms in total. The van der Waals surface area contributed by atoms with Crippen molar-refractivity contribution in [1.82, 2.24) is 9.97 Å². The second kappa shape index (κ2) is 5.67. The van der Waals surface area contributed by atoms with Gasteiger partial charge < -0.3 is 0 Å². The quantitative estimate of drug-likeness (QED) is 0.311. The minimum atomic E-state index is -0.514. The van der Waals surface area contributed by atoms with Crippen LogP contribution in [0.5, 0.6) is 0 Å². The van der Waals surface area contributed by atoms with E-state index in [2.05, 4.69) is 9.97 Å². The van der Waals surface area contributed by atoms with Gasteiger partial charge in [-0.2, -0.15) is 0 Å². The van der Waals surface area contributed by atoms with Crippen LogP contribution in [0, 0.1) is 10.1 Å². The number of rotatable bonds is 3. The number of fused-ring (bicyclic) bond motifs is 1. The molecule has 21 heavy (non-hydrogen) atoms. The number of aromatic nitrogens is 2. The summed E-state index contributed by atoms with van der Waals surface area (Å²) in [4.78, 5) is 18.9. The van der Waals surface area contributed by atoms with E-state index in [1.165, 1.54) is 11.8 Å². The highest BCUT2D eigenvalue weighted by molar-refractivity contribution is 7.99. The van der Waals surface area contributed by atoms with Crippen molar-refractivity contribution in [2.24, 2.45) is 0 Å². The Morgan fingerprint density at radius 1 is 1.14 bits per heavy atom. The molecule has 0 saturated carbocycles. The van der Waals surface area contributed by atoms with Crippen LogP contribution in [0.4, 0.5) is 5.69 Å². The highest BCUT2D eigenvalue weighted by Crippen LogP contribution is 2.34. The van der Waals surface area contributed by atoms with Crippen molar-refractivity contribution in [2.45, 2.75) is 9.92 Å². The highest BCUT2D eigenvalue weighted by atomic mass is 35.5. The maximum absolute atomic E-state index is 11.0. The van der Waals surface area contributed by atoms with Crippen molar-refractivity contribution < 1.29 is 4.92 Å². The van der Waals surface area contributed by atoms with Crippen LogP contribution in [0.25, 0.3) is 10.8 Å². The lowest BCUT2D eigenvalue weighted by Crippen LogP contribution is -1.95. The topological polar surface area (TPSA) is 68.9 Å². The van der Waals surface area contributed by atoms with E-state index < -0.39 is 4.92 Å². The molecular weight excluding hydrogens is 310 g/mol.